The molecule has 9 nitrogen and oxygen atoms in total. The molecule has 1 saturated heterocycles. The molecule has 2 aromatic heterocycles. The molecule has 1 aliphatic carbocycles. The number of oxazole rings is 1. The van der Waals surface area contributed by atoms with Crippen LogP contribution in [-0.2, 0) is 13.6 Å². The molecule has 3 heterocycles. The van der Waals surface area contributed by atoms with Gasteiger partial charge in [-0.25, -0.2) is 18.6 Å². The standard InChI is InChI=1S/C24H25F5N6O3/c1-34-16(6-9-30-34)20(36)33-19(14-4-7-23(25,26)8-5-14)21-31-15-10-13(2-3-17(15)38-21)11-35-12-18(24(27,28)29)32-22(35)37/h2-3,6,9-10,14,18-19H,4-5,7-8,11-12H2,1H3,(H,32,37)(H,33,36). The number of urea groups is 1. The van der Waals surface area contributed by atoms with Gasteiger partial charge in [-0.3, -0.25) is 9.48 Å². The number of hydrogen-bond donors (Lipinski definition) is 2. The van der Waals surface area contributed by atoms with Gasteiger partial charge in [0.05, 0.1) is 6.54 Å². The van der Waals surface area contributed by atoms with E-state index in [0.717, 1.165) is 4.90 Å². The van der Waals surface area contributed by atoms with Gasteiger partial charge in [-0.05, 0) is 42.5 Å². The second-order valence-electron chi connectivity index (χ2n) is 9.76. The van der Waals surface area contributed by atoms with Crippen molar-refractivity contribution in [2.45, 2.75) is 56.4 Å². The number of rotatable bonds is 6. The number of carbonyl (C=O) groups is 2. The molecule has 2 N–H and O–H groups in total. The van der Waals surface area contributed by atoms with Crippen molar-refractivity contribution < 1.29 is 36.0 Å². The summed E-state index contributed by atoms with van der Waals surface area (Å²) in [6, 6.07) is 2.75. The van der Waals surface area contributed by atoms with E-state index in [1.165, 1.54) is 16.9 Å². The van der Waals surface area contributed by atoms with Crippen molar-refractivity contribution in [3.8, 4) is 0 Å². The number of nitrogens with zero attached hydrogens (tertiary/aromatic N) is 4. The Morgan fingerprint density at radius 3 is 2.63 bits per heavy atom. The molecule has 2 fully saturated rings. The van der Waals surface area contributed by atoms with Gasteiger partial charge in [0.1, 0.15) is 23.3 Å². The molecule has 38 heavy (non-hydrogen) atoms. The summed E-state index contributed by atoms with van der Waals surface area (Å²) in [5.41, 5.74) is 1.52. The summed E-state index contributed by atoms with van der Waals surface area (Å²) in [5.74, 6) is -3.45. The second-order valence-corrected chi connectivity index (χ2v) is 9.76. The van der Waals surface area contributed by atoms with E-state index in [1.807, 2.05) is 5.32 Å². The maximum atomic E-state index is 13.8. The van der Waals surface area contributed by atoms with Gasteiger partial charge in [-0.1, -0.05) is 6.07 Å². The zero-order valence-corrected chi connectivity index (χ0v) is 20.3. The molecule has 0 bridgehead atoms. The average Bonchev–Trinajstić information content (AvgIpc) is 3.56. The average molecular weight is 540 g/mol. The van der Waals surface area contributed by atoms with Crippen molar-refractivity contribution in [1.29, 1.82) is 0 Å². The molecule has 5 rings (SSSR count). The van der Waals surface area contributed by atoms with Crippen LogP contribution in [0.2, 0.25) is 0 Å². The van der Waals surface area contributed by atoms with Crippen LogP contribution in [0.1, 0.15) is 53.7 Å². The quantitative estimate of drug-likeness (QED) is 0.454. The van der Waals surface area contributed by atoms with Gasteiger partial charge in [0, 0.05) is 32.6 Å². The zero-order chi connectivity index (χ0) is 27.2. The van der Waals surface area contributed by atoms with E-state index in [1.54, 1.807) is 25.2 Å². The molecule has 2 aliphatic rings. The second kappa shape index (κ2) is 9.55. The lowest BCUT2D eigenvalue weighted by Crippen LogP contribution is -2.40. The molecule has 0 spiro atoms. The van der Waals surface area contributed by atoms with E-state index in [2.05, 4.69) is 15.4 Å². The predicted molar refractivity (Wildman–Crippen MR) is 123 cm³/mol. The lowest BCUT2D eigenvalue weighted by atomic mass is 9.82. The molecule has 1 saturated carbocycles. The highest BCUT2D eigenvalue weighted by molar-refractivity contribution is 5.92. The maximum absolute atomic E-state index is 13.8. The van der Waals surface area contributed by atoms with Crippen LogP contribution in [-0.4, -0.2) is 56.3 Å². The molecule has 1 aromatic carbocycles. The van der Waals surface area contributed by atoms with Gasteiger partial charge in [0.15, 0.2) is 5.58 Å². The molecule has 204 valence electrons. The Hall–Kier alpha value is -3.71. The van der Waals surface area contributed by atoms with Crippen molar-refractivity contribution in [3.63, 3.8) is 0 Å². The molecular formula is C24H25F5N6O3. The summed E-state index contributed by atoms with van der Waals surface area (Å²) < 4.78 is 74.0. The number of nitrogens with one attached hydrogen (secondary N) is 2. The number of carbonyl (C=O) groups excluding carboxylic acids is 2. The number of aromatic nitrogens is 3. The smallest absolute Gasteiger partial charge is 0.410 e. The largest absolute Gasteiger partial charge is 0.438 e. The van der Waals surface area contributed by atoms with Gasteiger partial charge in [0.25, 0.3) is 5.91 Å². The lowest BCUT2D eigenvalue weighted by molar-refractivity contribution is -0.149. The first-order valence-electron chi connectivity index (χ1n) is 12.1. The highest BCUT2D eigenvalue weighted by Crippen LogP contribution is 2.42. The van der Waals surface area contributed by atoms with Crippen LogP contribution < -0.4 is 10.6 Å². The summed E-state index contributed by atoms with van der Waals surface area (Å²) in [6.45, 7) is -0.590. The Labute approximate surface area is 213 Å². The minimum Gasteiger partial charge on any atom is -0.438 e. The van der Waals surface area contributed by atoms with Crippen LogP contribution in [0.3, 0.4) is 0 Å². The van der Waals surface area contributed by atoms with Crippen molar-refractivity contribution >= 4 is 23.0 Å². The normalized spacial score (nSPS) is 21.1. The monoisotopic (exact) mass is 540 g/mol. The number of alkyl halides is 5. The summed E-state index contributed by atoms with van der Waals surface area (Å²) >= 11 is 0. The topological polar surface area (TPSA) is 105 Å². The first kappa shape index (κ1) is 25.9. The van der Waals surface area contributed by atoms with Crippen LogP contribution in [0, 0.1) is 5.92 Å². The fraction of sp³-hybridized carbons (Fsp3) is 0.500. The number of benzene rings is 1. The van der Waals surface area contributed by atoms with Crippen LogP contribution >= 0.6 is 0 Å². The van der Waals surface area contributed by atoms with Crippen LogP contribution in [0.5, 0.6) is 0 Å². The van der Waals surface area contributed by atoms with Crippen molar-refractivity contribution in [2.24, 2.45) is 13.0 Å². The summed E-state index contributed by atoms with van der Waals surface area (Å²) in [7, 11) is 1.60. The molecular weight excluding hydrogens is 515 g/mol. The minimum absolute atomic E-state index is 0.0745. The molecule has 2 atom stereocenters. The van der Waals surface area contributed by atoms with Crippen LogP contribution in [0.15, 0.2) is 34.9 Å². The highest BCUT2D eigenvalue weighted by atomic mass is 19.4. The Bertz CT molecular complexity index is 1340. The number of amides is 3. The lowest BCUT2D eigenvalue weighted by Gasteiger charge is -2.32. The van der Waals surface area contributed by atoms with E-state index in [9.17, 15) is 31.5 Å². The maximum Gasteiger partial charge on any atom is 0.410 e. The highest BCUT2D eigenvalue weighted by Gasteiger charge is 2.47. The van der Waals surface area contributed by atoms with Gasteiger partial charge in [-0.2, -0.15) is 18.3 Å². The number of aryl methyl sites for hydroxylation is 1. The van der Waals surface area contributed by atoms with E-state index in [4.69, 9.17) is 4.42 Å². The summed E-state index contributed by atoms with van der Waals surface area (Å²) in [4.78, 5) is 30.5. The van der Waals surface area contributed by atoms with E-state index in [0.29, 0.717) is 16.7 Å². The zero-order valence-electron chi connectivity index (χ0n) is 20.3. The van der Waals surface area contributed by atoms with E-state index in [-0.39, 0.29) is 49.7 Å². The SMILES string of the molecule is Cn1nccc1C(=O)NC(c1nc2cc(CN3CC(C(F)(F)F)NC3=O)ccc2o1)C1CCC(F)(F)CC1. The third-order valence-corrected chi connectivity index (χ3v) is 7.06. The fourth-order valence-corrected chi connectivity index (χ4v) is 4.94. The number of halogens is 5. The van der Waals surface area contributed by atoms with Crippen molar-refractivity contribution in [2.75, 3.05) is 6.54 Å². The summed E-state index contributed by atoms with van der Waals surface area (Å²) in [5, 5.41) is 8.77. The van der Waals surface area contributed by atoms with Gasteiger partial charge >= 0.3 is 12.2 Å². The molecule has 14 heteroatoms. The summed E-state index contributed by atoms with van der Waals surface area (Å²) in [6.07, 6.45) is -3.43. The number of fused-ring (bicyclic) bond motifs is 1. The van der Waals surface area contributed by atoms with Crippen molar-refractivity contribution in [1.82, 2.24) is 30.3 Å². The Balaban J connectivity index is 1.38. The Kier molecular flexibility index (Phi) is 6.51. The van der Waals surface area contributed by atoms with Crippen LogP contribution in [0.4, 0.5) is 26.7 Å². The van der Waals surface area contributed by atoms with Crippen molar-refractivity contribution in [3.05, 3.63) is 47.6 Å². The predicted octanol–water partition coefficient (Wildman–Crippen LogP) is 4.31. The van der Waals surface area contributed by atoms with E-state index >= 15 is 0 Å². The molecule has 1 aliphatic heterocycles. The van der Waals surface area contributed by atoms with E-state index < -0.39 is 42.7 Å². The third kappa shape index (κ3) is 5.29. The Morgan fingerprint density at radius 2 is 2.00 bits per heavy atom. The van der Waals surface area contributed by atoms with Gasteiger partial charge in [0.2, 0.25) is 11.8 Å². The first-order valence-corrected chi connectivity index (χ1v) is 12.1. The molecule has 0 radical (unpaired) electrons. The van der Waals surface area contributed by atoms with Gasteiger partial charge < -0.3 is 20.0 Å². The fourth-order valence-electron chi connectivity index (χ4n) is 4.94. The molecule has 3 aromatic rings. The number of hydrogen-bond acceptors (Lipinski definition) is 5. The Morgan fingerprint density at radius 1 is 1.26 bits per heavy atom. The van der Waals surface area contributed by atoms with Gasteiger partial charge in [-0.15, -0.1) is 0 Å². The van der Waals surface area contributed by atoms with Crippen LogP contribution in [0.25, 0.3) is 11.1 Å². The molecule has 3 amide bonds. The minimum atomic E-state index is -4.55. The molecule has 2 unspecified atom stereocenters. The third-order valence-electron chi connectivity index (χ3n) is 7.06. The first-order chi connectivity index (χ1) is 17.9.